The number of piperidine rings is 1. The molecule has 0 unspecified atom stereocenters. The molecular formula is C14H21N3O2SSn. The summed E-state index contributed by atoms with van der Waals surface area (Å²) in [4.78, 5) is 20.8. The van der Waals surface area contributed by atoms with E-state index in [1.165, 1.54) is 10.3 Å². The summed E-state index contributed by atoms with van der Waals surface area (Å²) in [7, 11) is 0. The molecule has 7 heteroatoms. The van der Waals surface area contributed by atoms with Crippen molar-refractivity contribution in [2.75, 3.05) is 13.1 Å². The molecule has 1 saturated heterocycles. The van der Waals surface area contributed by atoms with E-state index in [1.807, 2.05) is 11.3 Å². The Morgan fingerprint density at radius 3 is 2.57 bits per heavy atom. The van der Waals surface area contributed by atoms with Crippen molar-refractivity contribution in [1.82, 2.24) is 14.7 Å². The van der Waals surface area contributed by atoms with Crippen LogP contribution in [-0.4, -0.2) is 57.3 Å². The van der Waals surface area contributed by atoms with E-state index in [1.54, 1.807) is 2.89 Å². The van der Waals surface area contributed by atoms with Crippen molar-refractivity contribution in [3.63, 3.8) is 0 Å². The van der Waals surface area contributed by atoms with Crippen LogP contribution in [0.2, 0.25) is 14.8 Å². The van der Waals surface area contributed by atoms with Crippen molar-refractivity contribution >= 4 is 48.9 Å². The Bertz CT molecular complexity index is 634. The Labute approximate surface area is 132 Å². The molecule has 0 spiro atoms. The fourth-order valence-electron chi connectivity index (χ4n) is 2.72. The van der Waals surface area contributed by atoms with Crippen molar-refractivity contribution in [3.05, 3.63) is 12.3 Å². The van der Waals surface area contributed by atoms with Crippen molar-refractivity contribution in [1.29, 1.82) is 0 Å². The third-order valence-corrected chi connectivity index (χ3v) is 14.5. The molecule has 0 aliphatic carbocycles. The Morgan fingerprint density at radius 2 is 2.05 bits per heavy atom. The molecule has 3 rings (SSSR count). The maximum absolute atomic E-state index is 10.9. The molecule has 2 aromatic heterocycles. The number of aromatic nitrogens is 2. The molecule has 1 fully saturated rings. The molecule has 0 radical (unpaired) electrons. The zero-order chi connectivity index (χ0) is 15.2. The van der Waals surface area contributed by atoms with E-state index >= 15 is 0 Å². The van der Waals surface area contributed by atoms with Crippen LogP contribution in [0.3, 0.4) is 0 Å². The standard InChI is InChI=1S/C11H12N3O2S.3CH3.Sn/c15-11(16)13-4-1-9(2-5-13)14-7-8-3-6-17-10(8)12-14;;;;/h3,7,9H,1-2,4-5H2,(H,15,16);3*1H3;. The van der Waals surface area contributed by atoms with Gasteiger partial charge >= 0.3 is 133 Å². The average molecular weight is 414 g/mol. The SMILES string of the molecule is [CH3][Sn]([CH3])([CH3])[c]1cc2cn(C3CCN(C(=O)O)CC3)nc2s1. The van der Waals surface area contributed by atoms with Crippen molar-refractivity contribution in [3.8, 4) is 0 Å². The molecule has 1 N–H and O–H groups in total. The molecule has 1 aliphatic rings. The molecule has 2 aromatic rings. The Balaban J connectivity index is 1.77. The van der Waals surface area contributed by atoms with Gasteiger partial charge in [0.25, 0.3) is 0 Å². The predicted molar refractivity (Wildman–Crippen MR) is 88.5 cm³/mol. The maximum atomic E-state index is 10.9. The quantitative estimate of drug-likeness (QED) is 0.770. The number of fused-ring (bicyclic) bond motifs is 1. The predicted octanol–water partition coefficient (Wildman–Crippen LogP) is 2.96. The van der Waals surface area contributed by atoms with Crippen LogP contribution >= 0.6 is 11.3 Å². The first-order chi connectivity index (χ1) is 9.84. The molecule has 0 saturated carbocycles. The van der Waals surface area contributed by atoms with Gasteiger partial charge in [-0.3, -0.25) is 0 Å². The van der Waals surface area contributed by atoms with Crippen LogP contribution in [0, 0.1) is 0 Å². The van der Waals surface area contributed by atoms with E-state index in [0.717, 1.165) is 17.7 Å². The number of hydrogen-bond donors (Lipinski definition) is 1. The van der Waals surface area contributed by atoms with Crippen LogP contribution in [-0.2, 0) is 0 Å². The van der Waals surface area contributed by atoms with Gasteiger partial charge in [0.15, 0.2) is 0 Å². The molecule has 3 heterocycles. The van der Waals surface area contributed by atoms with E-state index in [-0.39, 0.29) is 0 Å². The van der Waals surface area contributed by atoms with Crippen molar-refractivity contribution < 1.29 is 9.90 Å². The monoisotopic (exact) mass is 415 g/mol. The fraction of sp³-hybridized carbons (Fsp3) is 0.571. The Kier molecular flexibility index (Phi) is 3.94. The summed E-state index contributed by atoms with van der Waals surface area (Å²) in [6.07, 6.45) is 3.05. The first kappa shape index (κ1) is 15.1. The second-order valence-corrected chi connectivity index (χ2v) is 23.2. The average Bonchev–Trinajstić information content (AvgIpc) is 2.96. The molecule has 1 amide bonds. The molecule has 1 aliphatic heterocycles. The number of hydrogen-bond acceptors (Lipinski definition) is 3. The van der Waals surface area contributed by atoms with E-state index in [9.17, 15) is 4.79 Å². The van der Waals surface area contributed by atoms with Crippen molar-refractivity contribution in [2.24, 2.45) is 0 Å². The Morgan fingerprint density at radius 1 is 1.38 bits per heavy atom. The normalized spacial score (nSPS) is 17.6. The van der Waals surface area contributed by atoms with Gasteiger partial charge in [0, 0.05) is 0 Å². The topological polar surface area (TPSA) is 58.4 Å². The summed E-state index contributed by atoms with van der Waals surface area (Å²) >= 11 is -0.139. The number of carbonyl (C=O) groups is 1. The van der Waals surface area contributed by atoms with Gasteiger partial charge in [-0.15, -0.1) is 0 Å². The second-order valence-electron chi connectivity index (χ2n) is 6.73. The number of rotatable bonds is 2. The fourth-order valence-corrected chi connectivity index (χ4v) is 8.91. The van der Waals surface area contributed by atoms with E-state index in [0.29, 0.717) is 19.1 Å². The number of carboxylic acid groups (broad SMARTS) is 1. The van der Waals surface area contributed by atoms with Crippen LogP contribution in [0.4, 0.5) is 4.79 Å². The first-order valence-corrected chi connectivity index (χ1v) is 18.1. The van der Waals surface area contributed by atoms with Crippen LogP contribution in [0.25, 0.3) is 10.2 Å². The molecule has 0 atom stereocenters. The summed E-state index contributed by atoms with van der Waals surface area (Å²) in [6.45, 7) is 1.22. The van der Waals surface area contributed by atoms with Crippen LogP contribution in [0.15, 0.2) is 12.3 Å². The third-order valence-electron chi connectivity index (χ3n) is 4.07. The summed E-state index contributed by atoms with van der Waals surface area (Å²) in [5.41, 5.74) is 0. The van der Waals surface area contributed by atoms with Gasteiger partial charge in [-0.05, 0) is 0 Å². The summed E-state index contributed by atoms with van der Waals surface area (Å²) in [6, 6.07) is 2.66. The van der Waals surface area contributed by atoms with Crippen molar-refractivity contribution in [2.45, 2.75) is 33.7 Å². The van der Waals surface area contributed by atoms with Gasteiger partial charge in [-0.1, -0.05) is 0 Å². The molecular weight excluding hydrogens is 393 g/mol. The number of thiophene rings is 1. The summed E-state index contributed by atoms with van der Waals surface area (Å²) < 4.78 is 3.62. The van der Waals surface area contributed by atoms with Gasteiger partial charge in [0.05, 0.1) is 0 Å². The van der Waals surface area contributed by atoms with Gasteiger partial charge < -0.3 is 0 Å². The molecule has 0 aromatic carbocycles. The third kappa shape index (κ3) is 3.06. The Hall–Kier alpha value is -0.761. The minimum absolute atomic E-state index is 0.335. The molecule has 114 valence electrons. The second kappa shape index (κ2) is 5.46. The van der Waals surface area contributed by atoms with E-state index < -0.39 is 24.5 Å². The first-order valence-electron chi connectivity index (χ1n) is 7.31. The summed E-state index contributed by atoms with van der Waals surface area (Å²) in [5, 5.41) is 15.0. The summed E-state index contributed by atoms with van der Waals surface area (Å²) in [5.74, 6) is 0. The molecule has 5 nitrogen and oxygen atoms in total. The molecule has 0 bridgehead atoms. The number of nitrogens with zero attached hydrogens (tertiary/aromatic N) is 3. The zero-order valence-electron chi connectivity index (χ0n) is 12.7. The van der Waals surface area contributed by atoms with Gasteiger partial charge in [0.1, 0.15) is 0 Å². The van der Waals surface area contributed by atoms with E-state index in [4.69, 9.17) is 10.2 Å². The van der Waals surface area contributed by atoms with Gasteiger partial charge in [-0.2, -0.15) is 0 Å². The zero-order valence-corrected chi connectivity index (χ0v) is 16.3. The van der Waals surface area contributed by atoms with Crippen LogP contribution in [0.5, 0.6) is 0 Å². The van der Waals surface area contributed by atoms with Gasteiger partial charge in [-0.25, -0.2) is 0 Å². The van der Waals surface area contributed by atoms with E-state index in [2.05, 4.69) is 31.8 Å². The van der Waals surface area contributed by atoms with Crippen LogP contribution in [0.1, 0.15) is 18.9 Å². The van der Waals surface area contributed by atoms with Crippen LogP contribution < -0.4 is 2.89 Å². The minimum atomic E-state index is -1.99. The van der Waals surface area contributed by atoms with Gasteiger partial charge in [0.2, 0.25) is 0 Å². The number of amides is 1. The number of likely N-dealkylation sites (tertiary alicyclic amines) is 1. The molecule has 21 heavy (non-hydrogen) atoms.